The first-order valence-electron chi connectivity index (χ1n) is 2.64. The zero-order valence-corrected chi connectivity index (χ0v) is 5.62. The highest BCUT2D eigenvalue weighted by Crippen LogP contribution is 2.19. The lowest BCUT2D eigenvalue weighted by atomic mass is 10.2. The van der Waals surface area contributed by atoms with E-state index in [2.05, 4.69) is 0 Å². The molecule has 0 saturated carbocycles. The molecule has 0 radical (unpaired) electrons. The predicted molar refractivity (Wildman–Crippen MR) is 29.6 cm³/mol. The number of carbonyl (C=O) groups is 1. The highest BCUT2D eigenvalue weighted by atomic mass is 19.4. The van der Waals surface area contributed by atoms with Crippen molar-refractivity contribution in [2.75, 3.05) is 7.05 Å². The van der Waals surface area contributed by atoms with Gasteiger partial charge in [-0.2, -0.15) is 13.2 Å². The number of alkyl halides is 3. The molecule has 0 aliphatic rings. The van der Waals surface area contributed by atoms with E-state index < -0.39 is 18.0 Å². The number of Topliss-reactive ketones (excluding diaryl/α,β-unsaturated/α-hetero) is 1. The van der Waals surface area contributed by atoms with Crippen molar-refractivity contribution in [1.82, 2.24) is 5.32 Å². The van der Waals surface area contributed by atoms with Crippen molar-refractivity contribution < 1.29 is 18.0 Å². The molecule has 0 aromatic rings. The monoisotopic (exact) mass is 155 g/mol. The molecule has 1 atom stereocenters. The average molecular weight is 155 g/mol. The highest BCUT2D eigenvalue weighted by Gasteiger charge is 2.41. The lowest BCUT2D eigenvalue weighted by molar-refractivity contribution is -0.164. The zero-order valence-electron chi connectivity index (χ0n) is 5.62. The molecule has 0 aliphatic carbocycles. The van der Waals surface area contributed by atoms with Gasteiger partial charge in [0.2, 0.25) is 0 Å². The maximum atomic E-state index is 11.7. The van der Waals surface area contributed by atoms with Crippen molar-refractivity contribution in [2.45, 2.75) is 19.1 Å². The minimum Gasteiger partial charge on any atom is -0.303 e. The predicted octanol–water partition coefficient (Wildman–Crippen LogP) is 0.726. The zero-order chi connectivity index (χ0) is 8.36. The number of rotatable bonds is 2. The summed E-state index contributed by atoms with van der Waals surface area (Å²) in [5.41, 5.74) is 0. The van der Waals surface area contributed by atoms with Gasteiger partial charge in [0.15, 0.2) is 11.8 Å². The SMILES string of the molecule is CNC(C(C)=O)C(F)(F)F. The van der Waals surface area contributed by atoms with Crippen molar-refractivity contribution >= 4 is 5.78 Å². The van der Waals surface area contributed by atoms with E-state index in [4.69, 9.17) is 0 Å². The Bertz CT molecular complexity index is 131. The first kappa shape index (κ1) is 9.42. The van der Waals surface area contributed by atoms with Gasteiger partial charge in [-0.25, -0.2) is 0 Å². The topological polar surface area (TPSA) is 29.1 Å². The molecule has 0 aromatic carbocycles. The van der Waals surface area contributed by atoms with Crippen molar-refractivity contribution in [2.24, 2.45) is 0 Å². The van der Waals surface area contributed by atoms with Crippen molar-refractivity contribution in [3.05, 3.63) is 0 Å². The van der Waals surface area contributed by atoms with Crippen LogP contribution in [-0.2, 0) is 4.79 Å². The smallest absolute Gasteiger partial charge is 0.303 e. The molecule has 2 nitrogen and oxygen atoms in total. The van der Waals surface area contributed by atoms with E-state index in [9.17, 15) is 18.0 Å². The highest BCUT2D eigenvalue weighted by molar-refractivity contribution is 5.82. The standard InChI is InChI=1S/C5H8F3NO/c1-3(10)4(9-2)5(6,7)8/h4,9H,1-2H3. The first-order chi connectivity index (χ1) is 4.39. The average Bonchev–Trinajstić information content (AvgIpc) is 1.60. The second-order valence-electron chi connectivity index (χ2n) is 1.87. The van der Waals surface area contributed by atoms with Gasteiger partial charge in [-0.3, -0.25) is 4.79 Å². The third kappa shape index (κ3) is 2.34. The molecule has 1 N–H and O–H groups in total. The fraction of sp³-hybridized carbons (Fsp3) is 0.800. The summed E-state index contributed by atoms with van der Waals surface area (Å²) in [7, 11) is 1.10. The Hall–Kier alpha value is -0.580. The molecular formula is C5H8F3NO. The van der Waals surface area contributed by atoms with Gasteiger partial charge in [-0.15, -0.1) is 0 Å². The molecule has 10 heavy (non-hydrogen) atoms. The molecule has 0 rings (SSSR count). The summed E-state index contributed by atoms with van der Waals surface area (Å²) in [6.45, 7) is 0.897. The Kier molecular flexibility index (Phi) is 2.83. The molecule has 5 heteroatoms. The largest absolute Gasteiger partial charge is 0.410 e. The number of carbonyl (C=O) groups excluding carboxylic acids is 1. The van der Waals surface area contributed by atoms with Crippen molar-refractivity contribution in [3.63, 3.8) is 0 Å². The Morgan fingerprint density at radius 2 is 1.90 bits per heavy atom. The van der Waals surface area contributed by atoms with E-state index in [1.54, 1.807) is 0 Å². The Labute approximate surface area is 56.4 Å². The molecule has 0 aromatic heterocycles. The summed E-state index contributed by atoms with van der Waals surface area (Å²) in [5.74, 6) is -0.921. The fourth-order valence-electron chi connectivity index (χ4n) is 0.597. The minimum absolute atomic E-state index is 0.897. The van der Waals surface area contributed by atoms with Crippen LogP contribution in [0.3, 0.4) is 0 Å². The number of likely N-dealkylation sites (N-methyl/N-ethyl adjacent to an activating group) is 1. The minimum atomic E-state index is -4.47. The van der Waals surface area contributed by atoms with Crippen LogP contribution in [0.1, 0.15) is 6.92 Å². The van der Waals surface area contributed by atoms with Gasteiger partial charge >= 0.3 is 6.18 Å². The Morgan fingerprint density at radius 3 is 1.90 bits per heavy atom. The van der Waals surface area contributed by atoms with Crippen LogP contribution in [0.25, 0.3) is 0 Å². The van der Waals surface area contributed by atoms with Gasteiger partial charge in [-0.1, -0.05) is 0 Å². The van der Waals surface area contributed by atoms with Crippen LogP contribution in [0.4, 0.5) is 13.2 Å². The Balaban J connectivity index is 4.22. The maximum Gasteiger partial charge on any atom is 0.410 e. The van der Waals surface area contributed by atoms with E-state index in [-0.39, 0.29) is 0 Å². The molecule has 1 unspecified atom stereocenters. The van der Waals surface area contributed by atoms with E-state index in [1.165, 1.54) is 0 Å². The molecule has 0 amide bonds. The van der Waals surface area contributed by atoms with Gasteiger partial charge in [0.05, 0.1) is 0 Å². The summed E-state index contributed by atoms with van der Waals surface area (Å²) in [4.78, 5) is 10.2. The number of nitrogens with one attached hydrogen (secondary N) is 1. The van der Waals surface area contributed by atoms with Crippen molar-refractivity contribution in [1.29, 1.82) is 0 Å². The van der Waals surface area contributed by atoms with E-state index in [0.717, 1.165) is 14.0 Å². The van der Waals surface area contributed by atoms with E-state index in [1.807, 2.05) is 5.32 Å². The van der Waals surface area contributed by atoms with Gasteiger partial charge in [0.1, 0.15) is 0 Å². The van der Waals surface area contributed by atoms with Gasteiger partial charge in [0.25, 0.3) is 0 Å². The lowest BCUT2D eigenvalue weighted by Gasteiger charge is -2.15. The number of hydrogen-bond acceptors (Lipinski definition) is 2. The molecular weight excluding hydrogens is 147 g/mol. The Morgan fingerprint density at radius 1 is 1.50 bits per heavy atom. The number of hydrogen-bond donors (Lipinski definition) is 1. The van der Waals surface area contributed by atoms with Crippen LogP contribution in [0.5, 0.6) is 0 Å². The van der Waals surface area contributed by atoms with Crippen LogP contribution in [-0.4, -0.2) is 25.0 Å². The lowest BCUT2D eigenvalue weighted by Crippen LogP contribution is -2.45. The van der Waals surface area contributed by atoms with Crippen LogP contribution in [0.2, 0.25) is 0 Å². The van der Waals surface area contributed by atoms with E-state index in [0.29, 0.717) is 0 Å². The normalized spacial score (nSPS) is 14.9. The first-order valence-corrected chi connectivity index (χ1v) is 2.64. The van der Waals surface area contributed by atoms with Crippen LogP contribution >= 0.6 is 0 Å². The third-order valence-corrected chi connectivity index (χ3v) is 1.02. The van der Waals surface area contributed by atoms with Crippen LogP contribution in [0.15, 0.2) is 0 Å². The molecule has 0 spiro atoms. The van der Waals surface area contributed by atoms with Crippen molar-refractivity contribution in [3.8, 4) is 0 Å². The van der Waals surface area contributed by atoms with E-state index >= 15 is 0 Å². The second-order valence-corrected chi connectivity index (χ2v) is 1.87. The van der Waals surface area contributed by atoms with Gasteiger partial charge < -0.3 is 5.32 Å². The number of ketones is 1. The quantitative estimate of drug-likeness (QED) is 0.636. The van der Waals surface area contributed by atoms with Crippen LogP contribution < -0.4 is 5.32 Å². The second kappa shape index (κ2) is 3.01. The summed E-state index contributed by atoms with van der Waals surface area (Å²) in [6, 6.07) is -2.02. The summed E-state index contributed by atoms with van der Waals surface area (Å²) < 4.78 is 35.1. The van der Waals surface area contributed by atoms with Crippen LogP contribution in [0, 0.1) is 0 Å². The molecule has 0 fully saturated rings. The molecule has 0 saturated heterocycles. The maximum absolute atomic E-state index is 11.7. The molecule has 0 bridgehead atoms. The molecule has 0 heterocycles. The molecule has 0 aliphatic heterocycles. The van der Waals surface area contributed by atoms with Gasteiger partial charge in [-0.05, 0) is 14.0 Å². The summed E-state index contributed by atoms with van der Waals surface area (Å²) >= 11 is 0. The third-order valence-electron chi connectivity index (χ3n) is 1.02. The summed E-state index contributed by atoms with van der Waals surface area (Å²) in [5, 5.41) is 1.87. The van der Waals surface area contributed by atoms with Gasteiger partial charge in [0, 0.05) is 0 Å². The molecule has 60 valence electrons. The number of halogens is 3. The summed E-state index contributed by atoms with van der Waals surface area (Å²) in [6.07, 6.45) is -4.47. The fourth-order valence-corrected chi connectivity index (χ4v) is 0.597.